The maximum Gasteiger partial charge on any atom is 0.410 e. The summed E-state index contributed by atoms with van der Waals surface area (Å²) < 4.78 is 6.69. The van der Waals surface area contributed by atoms with Crippen LogP contribution in [-0.2, 0) is 29.0 Å². The molecule has 4 rings (SSSR count). The van der Waals surface area contributed by atoms with Crippen LogP contribution in [0.2, 0.25) is 0 Å². The van der Waals surface area contributed by atoms with E-state index in [0.29, 0.717) is 19.6 Å². The Labute approximate surface area is 189 Å². The topological polar surface area (TPSA) is 71.5 Å². The molecule has 8 heteroatoms. The van der Waals surface area contributed by atoms with Gasteiger partial charge in [-0.2, -0.15) is 0 Å². The van der Waals surface area contributed by atoms with E-state index in [2.05, 4.69) is 18.0 Å². The van der Waals surface area contributed by atoms with Gasteiger partial charge in [0.1, 0.15) is 10.6 Å². The molecule has 0 radical (unpaired) electrons. The van der Waals surface area contributed by atoms with Gasteiger partial charge in [0, 0.05) is 21.9 Å². The number of rotatable bonds is 4. The minimum Gasteiger partial charge on any atom is -0.444 e. The van der Waals surface area contributed by atoms with Crippen LogP contribution < -0.4 is 5.32 Å². The second-order valence-electron chi connectivity index (χ2n) is 8.36. The lowest BCUT2D eigenvalue weighted by molar-refractivity contribution is -0.116. The fraction of sp³-hybridized carbons (Fsp3) is 0.348. The van der Waals surface area contributed by atoms with Gasteiger partial charge in [-0.3, -0.25) is 4.79 Å². The standard InChI is InChI=1S/C23H25N3O3S2/c1-5-19(27)24-12-17-20(21-25-15-8-6-7-9-16(15)31-21)14-10-11-26(13-18(14)30-17)22(28)29-23(2,3)4/h5-9H,1,10-13H2,2-4H3,(H,24,27). The number of para-hydroxylation sites is 1. The smallest absolute Gasteiger partial charge is 0.410 e. The minimum atomic E-state index is -0.529. The summed E-state index contributed by atoms with van der Waals surface area (Å²) in [7, 11) is 0. The van der Waals surface area contributed by atoms with Crippen LogP contribution in [0.15, 0.2) is 36.9 Å². The Bertz CT molecular complexity index is 1120. The number of amides is 2. The molecular formula is C23H25N3O3S2. The lowest BCUT2D eigenvalue weighted by Crippen LogP contribution is -2.39. The van der Waals surface area contributed by atoms with Gasteiger partial charge in [0.25, 0.3) is 0 Å². The quantitative estimate of drug-likeness (QED) is 0.554. The second-order valence-corrected chi connectivity index (χ2v) is 10.6. The van der Waals surface area contributed by atoms with Crippen molar-refractivity contribution in [2.45, 2.75) is 45.9 Å². The molecule has 3 heterocycles. The van der Waals surface area contributed by atoms with Gasteiger partial charge < -0.3 is 15.0 Å². The van der Waals surface area contributed by atoms with Crippen LogP contribution in [-0.4, -0.2) is 34.0 Å². The highest BCUT2D eigenvalue weighted by Crippen LogP contribution is 2.42. The Morgan fingerprint density at radius 3 is 2.77 bits per heavy atom. The Morgan fingerprint density at radius 1 is 1.29 bits per heavy atom. The average Bonchev–Trinajstić information content (AvgIpc) is 3.30. The van der Waals surface area contributed by atoms with Crippen LogP contribution in [0.25, 0.3) is 20.8 Å². The summed E-state index contributed by atoms with van der Waals surface area (Å²) in [5.74, 6) is -0.211. The van der Waals surface area contributed by atoms with Crippen molar-refractivity contribution in [3.63, 3.8) is 0 Å². The van der Waals surface area contributed by atoms with Crippen molar-refractivity contribution in [1.82, 2.24) is 15.2 Å². The molecule has 1 N–H and O–H groups in total. The first kappa shape index (κ1) is 21.5. The molecule has 0 saturated carbocycles. The Hall–Kier alpha value is -2.71. The zero-order valence-electron chi connectivity index (χ0n) is 17.9. The third-order valence-electron chi connectivity index (χ3n) is 4.90. The number of aromatic nitrogens is 1. The first-order chi connectivity index (χ1) is 14.7. The van der Waals surface area contributed by atoms with E-state index in [9.17, 15) is 9.59 Å². The predicted octanol–water partition coefficient (Wildman–Crippen LogP) is 5.12. The van der Waals surface area contributed by atoms with Crippen LogP contribution >= 0.6 is 22.7 Å². The molecule has 0 fully saturated rings. The van der Waals surface area contributed by atoms with Gasteiger partial charge in [0.05, 0.1) is 23.3 Å². The zero-order chi connectivity index (χ0) is 22.2. The summed E-state index contributed by atoms with van der Waals surface area (Å²) in [5.41, 5.74) is 2.75. The number of thiophene rings is 1. The van der Waals surface area contributed by atoms with Crippen LogP contribution in [0, 0.1) is 0 Å². The number of carbonyl (C=O) groups is 2. The summed E-state index contributed by atoms with van der Waals surface area (Å²) >= 11 is 3.28. The van der Waals surface area contributed by atoms with Crippen molar-refractivity contribution in [1.29, 1.82) is 0 Å². The van der Waals surface area contributed by atoms with Gasteiger partial charge in [-0.25, -0.2) is 9.78 Å². The van der Waals surface area contributed by atoms with E-state index in [0.717, 1.165) is 37.0 Å². The number of ether oxygens (including phenoxy) is 1. The van der Waals surface area contributed by atoms with Gasteiger partial charge in [0.15, 0.2) is 0 Å². The molecular weight excluding hydrogens is 430 g/mol. The summed E-state index contributed by atoms with van der Waals surface area (Å²) in [5, 5.41) is 3.84. The molecule has 1 aliphatic rings. The average molecular weight is 456 g/mol. The van der Waals surface area contributed by atoms with Crippen molar-refractivity contribution < 1.29 is 14.3 Å². The van der Waals surface area contributed by atoms with Crippen molar-refractivity contribution in [3.8, 4) is 10.6 Å². The molecule has 6 nitrogen and oxygen atoms in total. The molecule has 0 saturated heterocycles. The molecule has 1 aliphatic heterocycles. The fourth-order valence-corrected chi connectivity index (χ4v) is 5.98. The van der Waals surface area contributed by atoms with E-state index in [-0.39, 0.29) is 12.0 Å². The molecule has 3 aromatic rings. The number of thiazole rings is 1. The van der Waals surface area contributed by atoms with E-state index in [1.54, 1.807) is 27.6 Å². The van der Waals surface area contributed by atoms with Crippen LogP contribution in [0.3, 0.4) is 0 Å². The van der Waals surface area contributed by atoms with Crippen LogP contribution in [0.5, 0.6) is 0 Å². The molecule has 0 aliphatic carbocycles. The highest BCUT2D eigenvalue weighted by molar-refractivity contribution is 7.22. The maximum absolute atomic E-state index is 12.6. The molecule has 2 aromatic heterocycles. The van der Waals surface area contributed by atoms with Gasteiger partial charge in [-0.15, -0.1) is 22.7 Å². The van der Waals surface area contributed by atoms with Crippen molar-refractivity contribution in [2.75, 3.05) is 6.54 Å². The van der Waals surface area contributed by atoms with Gasteiger partial charge >= 0.3 is 6.09 Å². The molecule has 0 atom stereocenters. The first-order valence-electron chi connectivity index (χ1n) is 10.1. The van der Waals surface area contributed by atoms with Crippen LogP contribution in [0.1, 0.15) is 36.1 Å². The predicted molar refractivity (Wildman–Crippen MR) is 125 cm³/mol. The van der Waals surface area contributed by atoms with Crippen molar-refractivity contribution in [3.05, 3.63) is 52.2 Å². The van der Waals surface area contributed by atoms with Gasteiger partial charge in [0.2, 0.25) is 5.91 Å². The Morgan fingerprint density at radius 2 is 2.06 bits per heavy atom. The van der Waals surface area contributed by atoms with Crippen molar-refractivity contribution in [2.24, 2.45) is 0 Å². The van der Waals surface area contributed by atoms with E-state index >= 15 is 0 Å². The summed E-state index contributed by atoms with van der Waals surface area (Å²) in [6, 6.07) is 8.08. The molecule has 0 spiro atoms. The first-order valence-corrected chi connectivity index (χ1v) is 11.8. The fourth-order valence-electron chi connectivity index (χ4n) is 3.53. The third kappa shape index (κ3) is 4.65. The number of nitrogens with zero attached hydrogens (tertiary/aromatic N) is 2. The van der Waals surface area contributed by atoms with Gasteiger partial charge in [-0.05, 0) is 51.0 Å². The summed E-state index contributed by atoms with van der Waals surface area (Å²) in [4.78, 5) is 33.1. The highest BCUT2D eigenvalue weighted by atomic mass is 32.1. The van der Waals surface area contributed by atoms with Gasteiger partial charge in [-0.1, -0.05) is 18.7 Å². The lowest BCUT2D eigenvalue weighted by Gasteiger charge is -2.30. The second kappa shape index (κ2) is 8.43. The zero-order valence-corrected chi connectivity index (χ0v) is 19.5. The number of nitrogens with one attached hydrogen (secondary N) is 1. The van der Waals surface area contributed by atoms with Crippen LogP contribution in [0.4, 0.5) is 4.79 Å². The number of hydrogen-bond donors (Lipinski definition) is 1. The van der Waals surface area contributed by atoms with E-state index in [4.69, 9.17) is 9.72 Å². The number of fused-ring (bicyclic) bond motifs is 2. The molecule has 0 unspecified atom stereocenters. The Balaban J connectivity index is 1.70. The van der Waals surface area contributed by atoms with E-state index in [1.165, 1.54) is 11.6 Å². The van der Waals surface area contributed by atoms with Crippen molar-refractivity contribution >= 4 is 44.9 Å². The minimum absolute atomic E-state index is 0.211. The molecule has 1 aromatic carbocycles. The molecule has 162 valence electrons. The lowest BCUT2D eigenvalue weighted by atomic mass is 10.0. The summed E-state index contributed by atoms with van der Waals surface area (Å²) in [6.07, 6.45) is 1.70. The number of carbonyl (C=O) groups excluding carboxylic acids is 2. The number of hydrogen-bond acceptors (Lipinski definition) is 6. The monoisotopic (exact) mass is 455 g/mol. The summed E-state index contributed by atoms with van der Waals surface area (Å²) in [6.45, 7) is 10.6. The number of benzene rings is 1. The molecule has 0 bridgehead atoms. The SMILES string of the molecule is C=CC(=O)NCc1sc2c(c1-c1nc3ccccc3s1)CCN(C(=O)OC(C)(C)C)C2. The highest BCUT2D eigenvalue weighted by Gasteiger charge is 2.30. The maximum atomic E-state index is 12.6. The largest absolute Gasteiger partial charge is 0.444 e. The third-order valence-corrected chi connectivity index (χ3v) is 7.17. The molecule has 2 amide bonds. The molecule has 31 heavy (non-hydrogen) atoms. The van der Waals surface area contributed by atoms with E-state index < -0.39 is 5.60 Å². The van der Waals surface area contributed by atoms with E-state index in [1.807, 2.05) is 39.0 Å². The normalized spacial score (nSPS) is 13.7. The Kier molecular flexibility index (Phi) is 5.85.